The molecule has 2 aliphatic rings. The standard InChI is InChI=1S/C19H17N8O.C19H17N7O/c1-26(28)12-6-4-5-11(9-12)16-13(10-21-25-16)17-23-18(20)24-19-22-14-7-2-3-8-15(14)27(17)19;1-27-12-8-6-11(7-9-12)16-13(10-21-25-16)17-23-18(20)24-19-22-14-4-2-3-5-15(14)26(17)19/h2-10,17,28H,1H2,(H,21,25)(H3,20,22,23,24);2-10,17H,1H3,(H,21,25)(H3,20,22,23,24)/q+1;. The van der Waals surface area contributed by atoms with E-state index in [1.54, 1.807) is 25.6 Å². The average molecular weight is 733 g/mol. The molecule has 0 bridgehead atoms. The smallest absolute Gasteiger partial charge is 0.257 e. The van der Waals surface area contributed by atoms with Gasteiger partial charge in [0.25, 0.3) is 5.69 Å². The molecule has 10 rings (SSSR count). The van der Waals surface area contributed by atoms with E-state index in [1.807, 2.05) is 100 Å². The highest BCUT2D eigenvalue weighted by molar-refractivity contribution is 5.96. The minimum absolute atomic E-state index is 0.285. The average Bonchev–Trinajstić information content (AvgIpc) is 4.02. The number of nitrogens with zero attached hydrogens (tertiary/aromatic N) is 9. The van der Waals surface area contributed by atoms with Crippen LogP contribution in [0.2, 0.25) is 0 Å². The zero-order chi connectivity index (χ0) is 37.6. The Kier molecular flexibility index (Phi) is 7.92. The predicted molar refractivity (Wildman–Crippen MR) is 210 cm³/mol. The second kappa shape index (κ2) is 13.2. The number of anilines is 2. The van der Waals surface area contributed by atoms with Crippen molar-refractivity contribution >= 4 is 58.3 Å². The number of methoxy groups -OCH3 is 1. The van der Waals surface area contributed by atoms with E-state index >= 15 is 0 Å². The quantitative estimate of drug-likeness (QED) is 0.0514. The van der Waals surface area contributed by atoms with E-state index in [9.17, 15) is 5.21 Å². The molecule has 55 heavy (non-hydrogen) atoms. The van der Waals surface area contributed by atoms with Crippen molar-refractivity contribution < 1.29 is 14.7 Å². The lowest BCUT2D eigenvalue weighted by atomic mass is 10.1. The maximum atomic E-state index is 9.66. The Morgan fingerprint density at radius 1 is 0.691 bits per heavy atom. The molecule has 2 atom stereocenters. The number of aromatic nitrogens is 8. The first-order valence-electron chi connectivity index (χ1n) is 17.1. The van der Waals surface area contributed by atoms with Crippen LogP contribution in [0.25, 0.3) is 44.6 Å². The summed E-state index contributed by atoms with van der Waals surface area (Å²) in [4.78, 5) is 18.5. The Labute approximate surface area is 312 Å². The summed E-state index contributed by atoms with van der Waals surface area (Å²) in [6.45, 7) is 3.51. The summed E-state index contributed by atoms with van der Waals surface area (Å²) in [5.41, 5.74) is 21.5. The number of fused-ring (bicyclic) bond motifs is 6. The third-order valence-electron chi connectivity index (χ3n) is 9.39. The number of nitrogens with two attached hydrogens (primary N) is 2. The van der Waals surface area contributed by atoms with Crippen molar-refractivity contribution in [1.82, 2.24) is 39.5 Å². The molecule has 17 nitrogen and oxygen atoms in total. The SMILES string of the molecule is C=[N+](O)c1cccc(-c2[nH]ncc2C2N=C(N)Nc3nc4ccccc4n32)c1.COc1ccc(-c2[nH]ncc2C2N=C(N)Nc3nc4ccccc4n32)cc1. The van der Waals surface area contributed by atoms with Crippen LogP contribution in [0.3, 0.4) is 0 Å². The van der Waals surface area contributed by atoms with Gasteiger partial charge < -0.3 is 16.2 Å². The van der Waals surface area contributed by atoms with Crippen molar-refractivity contribution in [3.8, 4) is 28.3 Å². The predicted octanol–water partition coefficient (Wildman–Crippen LogP) is 5.17. The molecule has 2 unspecified atom stereocenters. The van der Waals surface area contributed by atoms with Crippen LogP contribution in [-0.2, 0) is 0 Å². The van der Waals surface area contributed by atoms with Gasteiger partial charge in [0.15, 0.2) is 31.0 Å². The second-order valence-electron chi connectivity index (χ2n) is 12.7. The van der Waals surface area contributed by atoms with Gasteiger partial charge in [0.1, 0.15) is 5.75 Å². The number of para-hydroxylation sites is 4. The molecule has 0 amide bonds. The van der Waals surface area contributed by atoms with Crippen LogP contribution in [0.15, 0.2) is 119 Å². The fraction of sp³-hybridized carbons (Fsp3) is 0.0789. The van der Waals surface area contributed by atoms with Crippen molar-refractivity contribution in [3.63, 3.8) is 0 Å². The highest BCUT2D eigenvalue weighted by atomic mass is 16.5. The molecule has 2 aliphatic heterocycles. The minimum atomic E-state index is -0.439. The molecule has 8 aromatic rings. The summed E-state index contributed by atoms with van der Waals surface area (Å²) >= 11 is 0. The van der Waals surface area contributed by atoms with E-state index in [0.29, 0.717) is 23.5 Å². The highest BCUT2D eigenvalue weighted by Crippen LogP contribution is 2.38. The van der Waals surface area contributed by atoms with Crippen LogP contribution in [-0.4, -0.2) is 75.2 Å². The van der Waals surface area contributed by atoms with Gasteiger partial charge in [0.05, 0.1) is 53.0 Å². The van der Waals surface area contributed by atoms with Crippen LogP contribution in [0.4, 0.5) is 17.6 Å². The molecule has 17 heteroatoms. The normalized spacial score (nSPS) is 15.8. The van der Waals surface area contributed by atoms with Crippen LogP contribution < -0.4 is 26.8 Å². The first-order valence-corrected chi connectivity index (χ1v) is 17.1. The van der Waals surface area contributed by atoms with Gasteiger partial charge in [0.2, 0.25) is 11.9 Å². The van der Waals surface area contributed by atoms with Crippen molar-refractivity contribution in [2.24, 2.45) is 21.5 Å². The number of imidazole rings is 2. The third kappa shape index (κ3) is 5.81. The number of aromatic amines is 2. The maximum absolute atomic E-state index is 9.66. The first-order chi connectivity index (χ1) is 26.9. The van der Waals surface area contributed by atoms with Crippen LogP contribution in [0, 0.1) is 0 Å². The fourth-order valence-corrected chi connectivity index (χ4v) is 6.87. The molecule has 272 valence electrons. The summed E-state index contributed by atoms with van der Waals surface area (Å²) in [6.07, 6.45) is 2.70. The fourth-order valence-electron chi connectivity index (χ4n) is 6.87. The molecular weight excluding hydrogens is 699 g/mol. The summed E-state index contributed by atoms with van der Waals surface area (Å²) in [6, 6.07) is 30.9. The summed E-state index contributed by atoms with van der Waals surface area (Å²) < 4.78 is 10.1. The van der Waals surface area contributed by atoms with E-state index in [-0.39, 0.29) is 12.1 Å². The lowest BCUT2D eigenvalue weighted by Crippen LogP contribution is -2.31. The topological polar surface area (TPSA) is 226 Å². The Bertz CT molecular complexity index is 2790. The van der Waals surface area contributed by atoms with Crippen molar-refractivity contribution in [2.75, 3.05) is 17.7 Å². The number of nitrogens with one attached hydrogen (secondary N) is 4. The van der Waals surface area contributed by atoms with Gasteiger partial charge in [-0.1, -0.05) is 36.4 Å². The van der Waals surface area contributed by atoms with Crippen molar-refractivity contribution in [2.45, 2.75) is 12.3 Å². The van der Waals surface area contributed by atoms with Crippen molar-refractivity contribution in [1.29, 1.82) is 0 Å². The summed E-state index contributed by atoms with van der Waals surface area (Å²) in [7, 11) is 1.65. The molecule has 0 radical (unpaired) electrons. The molecule has 0 saturated carbocycles. The van der Waals surface area contributed by atoms with Gasteiger partial charge in [-0.15, -0.1) is 0 Å². The molecule has 4 aromatic heterocycles. The third-order valence-corrected chi connectivity index (χ3v) is 9.39. The molecular formula is C38H34N15O2+. The number of rotatable bonds is 6. The van der Waals surface area contributed by atoms with Crippen LogP contribution in [0.1, 0.15) is 23.5 Å². The molecule has 0 fully saturated rings. The zero-order valence-electron chi connectivity index (χ0n) is 29.3. The number of guanidine groups is 2. The summed E-state index contributed by atoms with van der Waals surface area (Å²) in [5.74, 6) is 2.69. The van der Waals surface area contributed by atoms with Gasteiger partial charge in [-0.3, -0.25) is 35.2 Å². The molecule has 0 saturated heterocycles. The van der Waals surface area contributed by atoms with E-state index in [0.717, 1.165) is 66.2 Å². The van der Waals surface area contributed by atoms with Crippen LogP contribution in [0.5, 0.6) is 5.75 Å². The highest BCUT2D eigenvalue weighted by Gasteiger charge is 2.30. The van der Waals surface area contributed by atoms with Gasteiger partial charge in [0, 0.05) is 39.1 Å². The number of H-pyrrole nitrogens is 2. The Morgan fingerprint density at radius 2 is 1.22 bits per heavy atom. The largest absolute Gasteiger partial charge is 0.497 e. The molecule has 0 spiro atoms. The Morgan fingerprint density at radius 3 is 1.75 bits per heavy atom. The molecule has 0 aliphatic carbocycles. The number of aliphatic imine (C=N–C) groups is 2. The lowest BCUT2D eigenvalue weighted by molar-refractivity contribution is -0.706. The number of hydrogen-bond donors (Lipinski definition) is 7. The van der Waals surface area contributed by atoms with E-state index in [2.05, 4.69) is 57.7 Å². The lowest BCUT2D eigenvalue weighted by Gasteiger charge is -2.23. The second-order valence-corrected chi connectivity index (χ2v) is 12.7. The van der Waals surface area contributed by atoms with Gasteiger partial charge in [-0.2, -0.15) is 10.2 Å². The monoisotopic (exact) mass is 732 g/mol. The number of hydrogen-bond acceptors (Lipinski definition) is 12. The van der Waals surface area contributed by atoms with E-state index in [4.69, 9.17) is 16.2 Å². The Balaban J connectivity index is 0.000000144. The van der Waals surface area contributed by atoms with E-state index < -0.39 is 6.17 Å². The molecule has 6 heterocycles. The van der Waals surface area contributed by atoms with E-state index in [1.165, 1.54) is 0 Å². The number of benzene rings is 4. The van der Waals surface area contributed by atoms with Crippen molar-refractivity contribution in [3.05, 3.63) is 121 Å². The minimum Gasteiger partial charge on any atom is -0.497 e. The van der Waals surface area contributed by atoms with Gasteiger partial charge in [-0.25, -0.2) is 20.0 Å². The van der Waals surface area contributed by atoms with Crippen LogP contribution >= 0.6 is 0 Å². The molecule has 9 N–H and O–H groups in total. The summed E-state index contributed by atoms with van der Waals surface area (Å²) in [5, 5.41) is 30.3. The number of ether oxygens (including phenoxy) is 1. The Hall–Kier alpha value is -7.95. The molecule has 4 aromatic carbocycles. The van der Waals surface area contributed by atoms with Gasteiger partial charge in [-0.05, 0) is 48.5 Å². The zero-order valence-corrected chi connectivity index (χ0v) is 29.3. The maximum Gasteiger partial charge on any atom is 0.257 e. The first kappa shape index (κ1) is 32.9. The van der Waals surface area contributed by atoms with Gasteiger partial charge >= 0.3 is 0 Å².